The number of furan rings is 1. The van der Waals surface area contributed by atoms with Crippen LogP contribution in [0, 0.1) is 0 Å². The van der Waals surface area contributed by atoms with Crippen LogP contribution < -0.4 is 5.32 Å². The first kappa shape index (κ1) is 15.5. The molecule has 4 rings (SSSR count). The number of fused-ring (bicyclic) bond motifs is 1. The number of nitrogens with one attached hydrogen (secondary N) is 1. The molecule has 3 aromatic heterocycles. The molecule has 8 heteroatoms. The Morgan fingerprint density at radius 1 is 1.24 bits per heavy atom. The predicted octanol–water partition coefficient (Wildman–Crippen LogP) is 3.58. The second-order valence-electron chi connectivity index (χ2n) is 5.46. The number of carbonyl (C=O) groups excluding carboxylic acids is 1. The van der Waals surface area contributed by atoms with Gasteiger partial charge >= 0.3 is 0 Å². The minimum Gasteiger partial charge on any atom is -0.461 e. The quantitative estimate of drug-likeness (QED) is 0.593. The number of carbonyl (C=O) groups is 1. The maximum absolute atomic E-state index is 12.6. The fraction of sp³-hybridized carbons (Fsp3) is 0.176. The molecule has 0 fully saturated rings. The zero-order chi connectivity index (χ0) is 17.2. The molecular formula is C17H15N5O2S. The van der Waals surface area contributed by atoms with Crippen LogP contribution in [0.2, 0.25) is 0 Å². The van der Waals surface area contributed by atoms with Crippen molar-refractivity contribution < 1.29 is 9.21 Å². The van der Waals surface area contributed by atoms with Crippen molar-refractivity contribution in [1.82, 2.24) is 19.8 Å². The Balaban J connectivity index is 1.59. The molecule has 0 spiro atoms. The summed E-state index contributed by atoms with van der Waals surface area (Å²) in [5.74, 6) is 0.775. The lowest BCUT2D eigenvalue weighted by molar-refractivity contribution is -0.117. The summed E-state index contributed by atoms with van der Waals surface area (Å²) in [5, 5.41) is 15.9. The number of amides is 1. The number of aromatic nitrogens is 4. The van der Waals surface area contributed by atoms with Crippen LogP contribution in [-0.2, 0) is 4.79 Å². The summed E-state index contributed by atoms with van der Waals surface area (Å²) in [6, 6.07) is 13.3. The van der Waals surface area contributed by atoms with Gasteiger partial charge in [-0.25, -0.2) is 0 Å². The lowest BCUT2D eigenvalue weighted by Crippen LogP contribution is -2.20. The van der Waals surface area contributed by atoms with Crippen molar-refractivity contribution in [3.05, 3.63) is 54.3 Å². The number of benzene rings is 1. The monoisotopic (exact) mass is 353 g/mol. The van der Waals surface area contributed by atoms with Crippen molar-refractivity contribution >= 4 is 27.3 Å². The van der Waals surface area contributed by atoms with E-state index >= 15 is 0 Å². The molecule has 25 heavy (non-hydrogen) atoms. The molecule has 0 unspecified atom stereocenters. The van der Waals surface area contributed by atoms with E-state index < -0.39 is 0 Å². The second kappa shape index (κ2) is 6.48. The van der Waals surface area contributed by atoms with Gasteiger partial charge in [0.1, 0.15) is 0 Å². The number of nitrogens with zero attached hydrogens (tertiary/aromatic N) is 4. The average Bonchev–Trinajstić information content (AvgIpc) is 3.33. The summed E-state index contributed by atoms with van der Waals surface area (Å²) in [4.78, 5) is 13.2. The van der Waals surface area contributed by atoms with Crippen LogP contribution in [0.15, 0.2) is 53.1 Å². The molecule has 126 valence electrons. The molecular weight excluding hydrogens is 338 g/mol. The second-order valence-corrected chi connectivity index (χ2v) is 6.42. The van der Waals surface area contributed by atoms with Crippen LogP contribution in [0.3, 0.4) is 0 Å². The molecule has 1 aromatic carbocycles. The van der Waals surface area contributed by atoms with Crippen molar-refractivity contribution in [1.29, 1.82) is 0 Å². The zero-order valence-corrected chi connectivity index (χ0v) is 14.2. The van der Waals surface area contributed by atoms with Crippen LogP contribution in [0.25, 0.3) is 16.5 Å². The molecule has 0 aliphatic rings. The van der Waals surface area contributed by atoms with E-state index in [4.69, 9.17) is 4.42 Å². The van der Waals surface area contributed by atoms with Crippen LogP contribution in [-0.4, -0.2) is 25.7 Å². The molecule has 0 radical (unpaired) electrons. The van der Waals surface area contributed by atoms with Gasteiger partial charge < -0.3 is 4.42 Å². The Hall–Kier alpha value is -3.00. The standard InChI is InChI=1S/C17H15N5O2S/c1-2-12(11-7-4-3-5-8-11)15(23)18-16-21-22-14(13-9-6-10-24-13)19-20-17(22)25-16/h3-10,12H,2H2,1H3,(H,18,21,23)/t12-/m0/s1. The maximum atomic E-state index is 12.6. The molecule has 4 aromatic rings. The molecule has 3 heterocycles. The summed E-state index contributed by atoms with van der Waals surface area (Å²) in [6.45, 7) is 1.99. The van der Waals surface area contributed by atoms with Crippen LogP contribution in [0.1, 0.15) is 24.8 Å². The van der Waals surface area contributed by atoms with Gasteiger partial charge in [0, 0.05) is 0 Å². The zero-order valence-electron chi connectivity index (χ0n) is 13.4. The highest BCUT2D eigenvalue weighted by atomic mass is 32.1. The average molecular weight is 353 g/mol. The Bertz CT molecular complexity index is 991. The van der Waals surface area contributed by atoms with Gasteiger partial charge in [-0.2, -0.15) is 4.52 Å². The lowest BCUT2D eigenvalue weighted by atomic mass is 9.96. The van der Waals surface area contributed by atoms with E-state index in [9.17, 15) is 4.79 Å². The number of rotatable bonds is 5. The van der Waals surface area contributed by atoms with Gasteiger partial charge in [0.15, 0.2) is 5.76 Å². The molecule has 7 nitrogen and oxygen atoms in total. The van der Waals surface area contributed by atoms with Gasteiger partial charge in [0.25, 0.3) is 0 Å². The molecule has 0 saturated carbocycles. The number of anilines is 1. The smallest absolute Gasteiger partial charge is 0.236 e. The molecule has 0 aliphatic carbocycles. The Morgan fingerprint density at radius 2 is 2.08 bits per heavy atom. The minimum atomic E-state index is -0.222. The van der Waals surface area contributed by atoms with E-state index in [2.05, 4.69) is 20.6 Å². The summed E-state index contributed by atoms with van der Waals surface area (Å²) < 4.78 is 6.92. The number of hydrogen-bond acceptors (Lipinski definition) is 6. The highest BCUT2D eigenvalue weighted by Crippen LogP contribution is 2.26. The lowest BCUT2D eigenvalue weighted by Gasteiger charge is -2.13. The first-order chi connectivity index (χ1) is 12.3. The van der Waals surface area contributed by atoms with E-state index in [1.54, 1.807) is 22.9 Å². The molecule has 1 N–H and O–H groups in total. The Labute approximate surface area is 147 Å². The van der Waals surface area contributed by atoms with E-state index in [1.165, 1.54) is 11.3 Å². The SMILES string of the molecule is CC[C@H](C(=O)Nc1nn2c(-c3ccco3)nnc2s1)c1ccccc1. The van der Waals surface area contributed by atoms with Gasteiger partial charge in [-0.1, -0.05) is 48.6 Å². The summed E-state index contributed by atoms with van der Waals surface area (Å²) in [7, 11) is 0. The van der Waals surface area contributed by atoms with Gasteiger partial charge in [0.05, 0.1) is 12.2 Å². The van der Waals surface area contributed by atoms with Crippen molar-refractivity contribution in [2.24, 2.45) is 0 Å². The maximum Gasteiger partial charge on any atom is 0.236 e. The molecule has 1 atom stereocenters. The van der Waals surface area contributed by atoms with Gasteiger partial charge in [-0.05, 0) is 24.1 Å². The van der Waals surface area contributed by atoms with E-state index in [1.807, 2.05) is 37.3 Å². The fourth-order valence-electron chi connectivity index (χ4n) is 2.68. The molecule has 1 amide bonds. The van der Waals surface area contributed by atoms with Crippen molar-refractivity contribution in [2.75, 3.05) is 5.32 Å². The Morgan fingerprint density at radius 3 is 2.80 bits per heavy atom. The van der Waals surface area contributed by atoms with Crippen molar-refractivity contribution in [3.63, 3.8) is 0 Å². The summed E-state index contributed by atoms with van der Waals surface area (Å²) in [6.07, 6.45) is 2.27. The highest BCUT2D eigenvalue weighted by Gasteiger charge is 2.21. The highest BCUT2D eigenvalue weighted by molar-refractivity contribution is 7.20. The third-order valence-electron chi connectivity index (χ3n) is 3.89. The summed E-state index contributed by atoms with van der Waals surface area (Å²) >= 11 is 1.27. The minimum absolute atomic E-state index is 0.0850. The van der Waals surface area contributed by atoms with Crippen molar-refractivity contribution in [3.8, 4) is 11.6 Å². The third-order valence-corrected chi connectivity index (χ3v) is 4.70. The van der Waals surface area contributed by atoms with Crippen LogP contribution in [0.4, 0.5) is 5.13 Å². The first-order valence-electron chi connectivity index (χ1n) is 7.88. The molecule has 0 aliphatic heterocycles. The largest absolute Gasteiger partial charge is 0.461 e. The van der Waals surface area contributed by atoms with E-state index in [-0.39, 0.29) is 11.8 Å². The molecule has 0 bridgehead atoms. The predicted molar refractivity (Wildman–Crippen MR) is 94.5 cm³/mol. The topological polar surface area (TPSA) is 85.3 Å². The van der Waals surface area contributed by atoms with Gasteiger partial charge in [0.2, 0.25) is 21.8 Å². The van der Waals surface area contributed by atoms with Gasteiger partial charge in [-0.15, -0.1) is 15.3 Å². The Kier molecular flexibility index (Phi) is 4.02. The van der Waals surface area contributed by atoms with E-state index in [0.717, 1.165) is 5.56 Å². The van der Waals surface area contributed by atoms with Gasteiger partial charge in [-0.3, -0.25) is 10.1 Å². The molecule has 0 saturated heterocycles. The summed E-state index contributed by atoms with van der Waals surface area (Å²) in [5.41, 5.74) is 0.988. The van der Waals surface area contributed by atoms with Crippen molar-refractivity contribution in [2.45, 2.75) is 19.3 Å². The fourth-order valence-corrected chi connectivity index (χ4v) is 3.42. The normalized spacial score (nSPS) is 12.4. The van der Waals surface area contributed by atoms with E-state index in [0.29, 0.717) is 28.1 Å². The number of hydrogen-bond donors (Lipinski definition) is 1. The first-order valence-corrected chi connectivity index (χ1v) is 8.70. The van der Waals surface area contributed by atoms with Crippen LogP contribution >= 0.6 is 11.3 Å². The van der Waals surface area contributed by atoms with Crippen LogP contribution in [0.5, 0.6) is 0 Å². The third kappa shape index (κ3) is 2.91.